The number of carbonyl (C=O) groups excluding carboxylic acids is 3. The lowest BCUT2D eigenvalue weighted by Gasteiger charge is -2.30. The van der Waals surface area contributed by atoms with Crippen LogP contribution < -0.4 is 15.2 Å². The van der Waals surface area contributed by atoms with Gasteiger partial charge < -0.3 is 20.0 Å². The number of aromatic carboxylic acids is 1. The Balaban J connectivity index is 1.93. The summed E-state index contributed by atoms with van der Waals surface area (Å²) < 4.78 is 5.20. The number of carboxylic acids is 1. The zero-order chi connectivity index (χ0) is 21.5. The quantitative estimate of drug-likeness (QED) is 0.662. The predicted molar refractivity (Wildman–Crippen MR) is 109 cm³/mol. The second kappa shape index (κ2) is 7.15. The predicted octanol–water partition coefficient (Wildman–Crippen LogP) is 2.75. The fourth-order valence-corrected chi connectivity index (χ4v) is 3.87. The van der Waals surface area contributed by atoms with Gasteiger partial charge in [-0.1, -0.05) is 48.5 Å². The number of rotatable bonds is 5. The van der Waals surface area contributed by atoms with Crippen molar-refractivity contribution >= 4 is 23.2 Å². The standard InChI is InChI=1S/C24H19NO5/c1-14-17(23(28)29)8-5-9-20(14)25-24(15-10-12-16(30-2)13-11-15)21(26)18-6-3-4-7-19(18)22(24)27/h3-13,25H,1-2H3,(H,28,29)/p-1. The summed E-state index contributed by atoms with van der Waals surface area (Å²) in [7, 11) is 1.53. The first kappa shape index (κ1) is 19.4. The van der Waals surface area contributed by atoms with Crippen LogP contribution in [0.3, 0.4) is 0 Å². The molecule has 0 amide bonds. The lowest BCUT2D eigenvalue weighted by Crippen LogP contribution is -2.46. The van der Waals surface area contributed by atoms with Crippen molar-refractivity contribution in [1.82, 2.24) is 0 Å². The van der Waals surface area contributed by atoms with Crippen LogP contribution in [0.25, 0.3) is 0 Å². The van der Waals surface area contributed by atoms with Crippen LogP contribution in [0, 0.1) is 6.92 Å². The van der Waals surface area contributed by atoms with Crippen molar-refractivity contribution in [2.75, 3.05) is 12.4 Å². The molecule has 1 aliphatic rings. The molecule has 6 heteroatoms. The third-order valence-electron chi connectivity index (χ3n) is 5.50. The number of ether oxygens (including phenoxy) is 1. The molecule has 1 aliphatic carbocycles. The van der Waals surface area contributed by atoms with Gasteiger partial charge in [-0.15, -0.1) is 0 Å². The minimum atomic E-state index is -1.72. The molecule has 0 aromatic heterocycles. The van der Waals surface area contributed by atoms with E-state index >= 15 is 0 Å². The van der Waals surface area contributed by atoms with E-state index in [4.69, 9.17) is 4.74 Å². The van der Waals surface area contributed by atoms with E-state index in [0.717, 1.165) is 0 Å². The summed E-state index contributed by atoms with van der Waals surface area (Å²) in [6, 6.07) is 17.9. The van der Waals surface area contributed by atoms with Gasteiger partial charge in [-0.3, -0.25) is 9.59 Å². The van der Waals surface area contributed by atoms with Gasteiger partial charge >= 0.3 is 0 Å². The van der Waals surface area contributed by atoms with Crippen molar-refractivity contribution in [3.8, 4) is 5.75 Å². The summed E-state index contributed by atoms with van der Waals surface area (Å²) in [6.45, 7) is 1.60. The van der Waals surface area contributed by atoms with Crippen molar-refractivity contribution in [2.24, 2.45) is 0 Å². The molecular weight excluding hydrogens is 382 g/mol. The zero-order valence-corrected chi connectivity index (χ0v) is 16.4. The van der Waals surface area contributed by atoms with Gasteiger partial charge in [-0.05, 0) is 36.2 Å². The molecule has 0 spiro atoms. The van der Waals surface area contributed by atoms with Crippen LogP contribution in [0.1, 0.15) is 42.2 Å². The number of ketones is 2. The first-order valence-electron chi connectivity index (χ1n) is 9.32. The number of carbonyl (C=O) groups is 3. The Morgan fingerprint density at radius 2 is 1.50 bits per heavy atom. The highest BCUT2D eigenvalue weighted by molar-refractivity contribution is 6.34. The minimum absolute atomic E-state index is 0.0136. The molecule has 0 saturated carbocycles. The van der Waals surface area contributed by atoms with E-state index in [0.29, 0.717) is 33.7 Å². The third kappa shape index (κ3) is 2.76. The van der Waals surface area contributed by atoms with Crippen LogP contribution in [0.5, 0.6) is 5.75 Å². The van der Waals surface area contributed by atoms with Crippen LogP contribution in [-0.4, -0.2) is 24.6 Å². The molecule has 30 heavy (non-hydrogen) atoms. The second-order valence-corrected chi connectivity index (χ2v) is 7.07. The Morgan fingerprint density at radius 1 is 0.900 bits per heavy atom. The maximum absolute atomic E-state index is 13.6. The fraction of sp³-hybridized carbons (Fsp3) is 0.125. The van der Waals surface area contributed by atoms with Gasteiger partial charge in [0.25, 0.3) is 0 Å². The zero-order valence-electron chi connectivity index (χ0n) is 16.4. The molecule has 3 aromatic carbocycles. The van der Waals surface area contributed by atoms with E-state index in [-0.39, 0.29) is 5.56 Å². The van der Waals surface area contributed by atoms with Crippen LogP contribution in [0.4, 0.5) is 5.69 Å². The maximum Gasteiger partial charge on any atom is 0.201 e. The fourth-order valence-electron chi connectivity index (χ4n) is 3.87. The second-order valence-electron chi connectivity index (χ2n) is 7.07. The van der Waals surface area contributed by atoms with Crippen LogP contribution in [-0.2, 0) is 5.54 Å². The van der Waals surface area contributed by atoms with E-state index in [1.165, 1.54) is 13.2 Å². The number of Topliss-reactive ketones (excluding diaryl/α,β-unsaturated/α-hetero) is 2. The van der Waals surface area contributed by atoms with Gasteiger partial charge in [-0.25, -0.2) is 0 Å². The summed E-state index contributed by atoms with van der Waals surface area (Å²) in [4.78, 5) is 38.6. The van der Waals surface area contributed by atoms with Crippen molar-refractivity contribution in [3.05, 3.63) is 94.5 Å². The summed E-state index contributed by atoms with van der Waals surface area (Å²) in [5.74, 6) is -1.54. The Kier molecular flexibility index (Phi) is 4.62. The average Bonchev–Trinajstić information content (AvgIpc) is 2.98. The van der Waals surface area contributed by atoms with E-state index in [1.807, 2.05) is 0 Å². The average molecular weight is 400 g/mol. The van der Waals surface area contributed by atoms with Crippen LogP contribution >= 0.6 is 0 Å². The van der Waals surface area contributed by atoms with E-state index in [1.54, 1.807) is 67.6 Å². The number of nitrogens with one attached hydrogen (secondary N) is 1. The molecule has 4 rings (SSSR count). The van der Waals surface area contributed by atoms with Crippen molar-refractivity contribution in [3.63, 3.8) is 0 Å². The van der Waals surface area contributed by atoms with Gasteiger partial charge in [0.15, 0.2) is 5.54 Å². The number of fused-ring (bicyclic) bond motifs is 1. The normalized spacial score (nSPS) is 14.3. The van der Waals surface area contributed by atoms with Crippen molar-refractivity contribution < 1.29 is 24.2 Å². The molecule has 3 aromatic rings. The Labute approximate surface area is 173 Å². The largest absolute Gasteiger partial charge is 0.545 e. The molecule has 0 atom stereocenters. The molecule has 0 radical (unpaired) electrons. The molecule has 0 unspecified atom stereocenters. The summed E-state index contributed by atoms with van der Waals surface area (Å²) in [5, 5.41) is 14.5. The molecule has 1 N–H and O–H groups in total. The SMILES string of the molecule is COc1ccc(C2(Nc3cccc(C(=O)[O-])c3C)C(=O)c3ccccc3C2=O)cc1. The number of hydrogen-bond acceptors (Lipinski definition) is 6. The molecule has 6 nitrogen and oxygen atoms in total. The molecule has 0 bridgehead atoms. The molecule has 0 heterocycles. The molecule has 150 valence electrons. The molecular formula is C24H18NO5-. The number of benzene rings is 3. The van der Waals surface area contributed by atoms with Gasteiger partial charge in [0, 0.05) is 22.4 Å². The Morgan fingerprint density at radius 3 is 2.03 bits per heavy atom. The highest BCUT2D eigenvalue weighted by Gasteiger charge is 2.54. The Hall–Kier alpha value is -3.93. The van der Waals surface area contributed by atoms with Gasteiger partial charge in [0.1, 0.15) is 5.75 Å². The molecule has 0 fully saturated rings. The molecule has 0 aliphatic heterocycles. The van der Waals surface area contributed by atoms with Gasteiger partial charge in [0.05, 0.1) is 13.1 Å². The highest BCUT2D eigenvalue weighted by Crippen LogP contribution is 2.41. The minimum Gasteiger partial charge on any atom is -0.545 e. The topological polar surface area (TPSA) is 95.5 Å². The van der Waals surface area contributed by atoms with Crippen molar-refractivity contribution in [1.29, 1.82) is 0 Å². The lowest BCUT2D eigenvalue weighted by molar-refractivity contribution is -0.255. The van der Waals surface area contributed by atoms with E-state index in [2.05, 4.69) is 5.32 Å². The van der Waals surface area contributed by atoms with Crippen LogP contribution in [0.15, 0.2) is 66.7 Å². The van der Waals surface area contributed by atoms with Gasteiger partial charge in [-0.2, -0.15) is 0 Å². The highest BCUT2D eigenvalue weighted by atomic mass is 16.5. The number of hydrogen-bond donors (Lipinski definition) is 1. The number of anilines is 1. The summed E-state index contributed by atoms with van der Waals surface area (Å²) in [5.41, 5.74) is 0.0849. The first-order chi connectivity index (χ1) is 14.4. The number of methoxy groups -OCH3 is 1. The van der Waals surface area contributed by atoms with E-state index in [9.17, 15) is 19.5 Å². The monoisotopic (exact) mass is 400 g/mol. The molecule has 0 saturated heterocycles. The smallest absolute Gasteiger partial charge is 0.201 e. The number of carboxylic acid groups (broad SMARTS) is 1. The van der Waals surface area contributed by atoms with Crippen LogP contribution in [0.2, 0.25) is 0 Å². The van der Waals surface area contributed by atoms with Crippen molar-refractivity contribution in [2.45, 2.75) is 12.5 Å². The van der Waals surface area contributed by atoms with Gasteiger partial charge in [0.2, 0.25) is 11.6 Å². The maximum atomic E-state index is 13.6. The summed E-state index contributed by atoms with van der Waals surface area (Å²) in [6.07, 6.45) is 0. The van der Waals surface area contributed by atoms with E-state index < -0.39 is 23.1 Å². The summed E-state index contributed by atoms with van der Waals surface area (Å²) >= 11 is 0. The Bertz CT molecular complexity index is 1150. The third-order valence-corrected chi connectivity index (χ3v) is 5.50. The lowest BCUT2D eigenvalue weighted by atomic mass is 9.84. The first-order valence-corrected chi connectivity index (χ1v) is 9.32.